The van der Waals surface area contributed by atoms with E-state index in [9.17, 15) is 0 Å². The number of benzene rings is 8. The summed E-state index contributed by atoms with van der Waals surface area (Å²) < 4.78 is 5.93. The van der Waals surface area contributed by atoms with Crippen LogP contribution in [0.15, 0.2) is 152 Å². The third-order valence-electron chi connectivity index (χ3n) is 12.3. The Bertz CT molecular complexity index is 2810. The van der Waals surface area contributed by atoms with Gasteiger partial charge in [0.25, 0.3) is 0 Å². The number of hydrogen-bond acceptors (Lipinski definition) is 3. The number of fused-ring (bicyclic) bond motifs is 3. The second-order valence-electron chi connectivity index (χ2n) is 17.7. The molecular formula is C56H56N2O. The first-order valence-corrected chi connectivity index (χ1v) is 20.8. The summed E-state index contributed by atoms with van der Waals surface area (Å²) in [4.78, 5) is 2.47. The minimum absolute atomic E-state index is 0.0282. The quantitative estimate of drug-likeness (QED) is 0.148. The first-order chi connectivity index (χ1) is 28.2. The van der Waals surface area contributed by atoms with Crippen molar-refractivity contribution in [2.45, 2.75) is 73.3 Å². The maximum absolute atomic E-state index is 5.93. The Kier molecular flexibility index (Phi) is 10.4. The van der Waals surface area contributed by atoms with E-state index in [1.807, 2.05) is 0 Å². The fourth-order valence-electron chi connectivity index (χ4n) is 8.40. The topological polar surface area (TPSA) is 24.5 Å². The molecule has 1 N–H and O–H groups in total. The highest BCUT2D eigenvalue weighted by Gasteiger charge is 2.25. The number of hydrogen-bond donors (Lipinski definition) is 1. The highest BCUT2D eigenvalue weighted by atomic mass is 16.5. The molecule has 0 atom stereocenters. The van der Waals surface area contributed by atoms with Crippen molar-refractivity contribution in [2.24, 2.45) is 0 Å². The molecule has 0 bridgehead atoms. The lowest BCUT2D eigenvalue weighted by atomic mass is 9.83. The molecule has 0 aliphatic rings. The molecule has 3 heteroatoms. The lowest BCUT2D eigenvalue weighted by Gasteiger charge is -2.31. The van der Waals surface area contributed by atoms with Crippen LogP contribution in [0.5, 0.6) is 0 Å². The van der Waals surface area contributed by atoms with Gasteiger partial charge in [0, 0.05) is 35.2 Å². The molecule has 0 amide bonds. The highest BCUT2D eigenvalue weighted by molar-refractivity contribution is 6.17. The molecule has 3 nitrogen and oxygen atoms in total. The zero-order valence-corrected chi connectivity index (χ0v) is 36.3. The van der Waals surface area contributed by atoms with Gasteiger partial charge in [-0.2, -0.15) is 0 Å². The number of nitrogens with zero attached hydrogens (tertiary/aromatic N) is 1. The van der Waals surface area contributed by atoms with Crippen molar-refractivity contribution in [3.63, 3.8) is 0 Å². The van der Waals surface area contributed by atoms with E-state index in [1.54, 1.807) is 7.11 Å². The van der Waals surface area contributed by atoms with Gasteiger partial charge in [0.1, 0.15) is 0 Å². The average molecular weight is 773 g/mol. The Balaban J connectivity index is 1.44. The molecule has 8 aromatic carbocycles. The van der Waals surface area contributed by atoms with Crippen molar-refractivity contribution in [3.8, 4) is 22.3 Å². The normalized spacial score (nSPS) is 12.0. The fraction of sp³-hybridized carbons (Fsp3) is 0.214. The van der Waals surface area contributed by atoms with Crippen LogP contribution in [0.25, 0.3) is 43.8 Å². The van der Waals surface area contributed by atoms with Crippen molar-refractivity contribution < 1.29 is 4.74 Å². The molecule has 0 heterocycles. The molecule has 0 fully saturated rings. The van der Waals surface area contributed by atoms with Crippen molar-refractivity contribution >= 4 is 50.0 Å². The first kappa shape index (κ1) is 39.7. The van der Waals surface area contributed by atoms with Crippen LogP contribution >= 0.6 is 0 Å². The minimum atomic E-state index is -0.422. The predicted molar refractivity (Wildman–Crippen MR) is 254 cm³/mol. The van der Waals surface area contributed by atoms with Crippen LogP contribution in [0.2, 0.25) is 0 Å². The molecule has 8 aromatic rings. The third-order valence-corrected chi connectivity index (χ3v) is 12.3. The minimum Gasteiger partial charge on any atom is -0.374 e. The Morgan fingerprint density at radius 1 is 0.475 bits per heavy atom. The van der Waals surface area contributed by atoms with Gasteiger partial charge in [-0.05, 0) is 149 Å². The van der Waals surface area contributed by atoms with Crippen molar-refractivity contribution in [1.82, 2.24) is 0 Å². The summed E-state index contributed by atoms with van der Waals surface area (Å²) in [5, 5.41) is 9.02. The lowest BCUT2D eigenvalue weighted by Crippen LogP contribution is -2.19. The molecule has 0 aromatic heterocycles. The molecule has 0 unspecified atom stereocenters. The Hall–Kier alpha value is -6.16. The zero-order valence-electron chi connectivity index (χ0n) is 36.3. The van der Waals surface area contributed by atoms with Crippen LogP contribution in [0.3, 0.4) is 0 Å². The van der Waals surface area contributed by atoms with Gasteiger partial charge in [0.2, 0.25) is 0 Å². The van der Waals surface area contributed by atoms with Crippen LogP contribution in [0.4, 0.5) is 28.4 Å². The SMILES string of the molecule is COC(C)(C)c1ccc(N(c2cc(-c3ccccc3)ccc2C)c2cc(Nc3cc(-c4ccccc4)ccc3C)c(C)c3c2ccc2cc(C(C)(C)C)cc(C)c23)cc1. The maximum Gasteiger partial charge on any atom is 0.0871 e. The van der Waals surface area contributed by atoms with E-state index < -0.39 is 5.60 Å². The summed E-state index contributed by atoms with van der Waals surface area (Å²) in [5.41, 5.74) is 17.2. The summed E-state index contributed by atoms with van der Waals surface area (Å²) in [5.74, 6) is 0. The first-order valence-electron chi connectivity index (χ1n) is 20.8. The van der Waals surface area contributed by atoms with Gasteiger partial charge in [-0.25, -0.2) is 0 Å². The zero-order chi connectivity index (χ0) is 41.6. The highest BCUT2D eigenvalue weighted by Crippen LogP contribution is 2.48. The van der Waals surface area contributed by atoms with Gasteiger partial charge in [-0.3, -0.25) is 0 Å². The summed E-state index contributed by atoms with van der Waals surface area (Å²) in [6, 6.07) is 55.7. The monoisotopic (exact) mass is 772 g/mol. The average Bonchev–Trinajstić information content (AvgIpc) is 3.24. The molecular weight excluding hydrogens is 717 g/mol. The Labute approximate surface area is 351 Å². The Morgan fingerprint density at radius 2 is 1.08 bits per heavy atom. The van der Waals surface area contributed by atoms with E-state index in [0.717, 1.165) is 34.0 Å². The smallest absolute Gasteiger partial charge is 0.0871 e. The van der Waals surface area contributed by atoms with Crippen LogP contribution < -0.4 is 10.2 Å². The number of ether oxygens (including phenoxy) is 1. The summed E-state index contributed by atoms with van der Waals surface area (Å²) >= 11 is 0. The fourth-order valence-corrected chi connectivity index (χ4v) is 8.40. The summed E-state index contributed by atoms with van der Waals surface area (Å²) in [6.45, 7) is 20.1. The second-order valence-corrected chi connectivity index (χ2v) is 17.7. The van der Waals surface area contributed by atoms with Gasteiger partial charge in [0.05, 0.1) is 11.3 Å². The van der Waals surface area contributed by atoms with E-state index in [1.165, 1.54) is 71.6 Å². The number of aryl methyl sites for hydroxylation is 4. The summed E-state index contributed by atoms with van der Waals surface area (Å²) in [7, 11) is 1.78. The van der Waals surface area contributed by atoms with E-state index >= 15 is 0 Å². The van der Waals surface area contributed by atoms with E-state index in [4.69, 9.17) is 4.74 Å². The molecule has 0 saturated carbocycles. The van der Waals surface area contributed by atoms with Crippen molar-refractivity contribution in [3.05, 3.63) is 185 Å². The molecule has 296 valence electrons. The van der Waals surface area contributed by atoms with Crippen LogP contribution in [0, 0.1) is 27.7 Å². The van der Waals surface area contributed by atoms with Gasteiger partial charge >= 0.3 is 0 Å². The van der Waals surface area contributed by atoms with E-state index in [2.05, 4.69) is 224 Å². The molecule has 0 aliphatic heterocycles. The molecule has 8 rings (SSSR count). The standard InChI is InChI=1S/C56H56N2O/c1-36-21-23-42(40-17-13-11-14-18-40)33-49(36)57-50-35-52(48-30-25-44-32-46(55(5,6)7)31-38(3)53(44)54(48)39(50)4)58(47-28-26-45(27-29-47)56(8,9)59-10)51-34-43(24-22-37(51)2)41-19-15-12-16-20-41/h11-35,57H,1-10H3. The number of nitrogens with one attached hydrogen (secondary N) is 1. The Morgan fingerprint density at radius 3 is 1.69 bits per heavy atom. The van der Waals surface area contributed by atoms with Gasteiger partial charge in [-0.1, -0.05) is 142 Å². The van der Waals surface area contributed by atoms with E-state index in [0.29, 0.717) is 0 Å². The predicted octanol–water partition coefficient (Wildman–Crippen LogP) is 16.0. The third kappa shape index (κ3) is 7.64. The number of anilines is 5. The molecule has 0 radical (unpaired) electrons. The van der Waals surface area contributed by atoms with Crippen LogP contribution in [-0.2, 0) is 15.8 Å². The maximum atomic E-state index is 5.93. The van der Waals surface area contributed by atoms with Crippen molar-refractivity contribution in [2.75, 3.05) is 17.3 Å². The van der Waals surface area contributed by atoms with E-state index in [-0.39, 0.29) is 5.41 Å². The second kappa shape index (κ2) is 15.5. The van der Waals surface area contributed by atoms with Gasteiger partial charge in [0.15, 0.2) is 0 Å². The van der Waals surface area contributed by atoms with Crippen molar-refractivity contribution in [1.29, 1.82) is 0 Å². The molecule has 0 aliphatic carbocycles. The number of methoxy groups -OCH3 is 1. The van der Waals surface area contributed by atoms with Gasteiger partial charge in [-0.15, -0.1) is 0 Å². The summed E-state index contributed by atoms with van der Waals surface area (Å²) in [6.07, 6.45) is 0. The molecule has 0 saturated heterocycles. The number of rotatable bonds is 9. The molecule has 0 spiro atoms. The van der Waals surface area contributed by atoms with Crippen LogP contribution in [-0.4, -0.2) is 7.11 Å². The largest absolute Gasteiger partial charge is 0.374 e. The van der Waals surface area contributed by atoms with Crippen LogP contribution in [0.1, 0.15) is 68.0 Å². The van der Waals surface area contributed by atoms with Gasteiger partial charge < -0.3 is 15.0 Å². The molecule has 59 heavy (non-hydrogen) atoms. The lowest BCUT2D eigenvalue weighted by molar-refractivity contribution is 0.0192.